The molecule has 2 heterocycles. The Bertz CT molecular complexity index is 899. The van der Waals surface area contributed by atoms with Crippen LogP contribution in [0.5, 0.6) is 0 Å². The highest BCUT2D eigenvalue weighted by molar-refractivity contribution is 5.92. The molecule has 2 saturated heterocycles. The number of carbonyl (C=O) groups excluding carboxylic acids is 4. The van der Waals surface area contributed by atoms with Gasteiger partial charge in [-0.15, -0.1) is 0 Å². The first-order chi connectivity index (χ1) is 17.9. The SMILES string of the molecule is NCC[C@@H](NC(=O)CNC(=O)[C@@H](Cc1ccccc1)NC(=O)CN)C(=O)N1CCC(N2CCCC2)CC1. The molecule has 1 aromatic rings. The van der Waals surface area contributed by atoms with E-state index in [2.05, 4.69) is 20.9 Å². The molecule has 37 heavy (non-hydrogen) atoms. The van der Waals surface area contributed by atoms with Crippen LogP contribution >= 0.6 is 0 Å². The predicted octanol–water partition coefficient (Wildman–Crippen LogP) is -1.29. The summed E-state index contributed by atoms with van der Waals surface area (Å²) < 4.78 is 0. The topological polar surface area (TPSA) is 163 Å². The minimum absolute atomic E-state index is 0.137. The second-order valence-electron chi connectivity index (χ2n) is 9.73. The Labute approximate surface area is 218 Å². The number of nitrogens with zero attached hydrogens (tertiary/aromatic N) is 2. The predicted molar refractivity (Wildman–Crippen MR) is 140 cm³/mol. The van der Waals surface area contributed by atoms with Crippen molar-refractivity contribution in [2.45, 2.75) is 56.7 Å². The average molecular weight is 516 g/mol. The van der Waals surface area contributed by atoms with E-state index in [1.54, 1.807) is 0 Å². The van der Waals surface area contributed by atoms with Crippen LogP contribution in [0.15, 0.2) is 30.3 Å². The minimum Gasteiger partial charge on any atom is -0.345 e. The Morgan fingerprint density at radius 3 is 2.16 bits per heavy atom. The summed E-state index contributed by atoms with van der Waals surface area (Å²) in [5.41, 5.74) is 12.0. The average Bonchev–Trinajstić information content (AvgIpc) is 3.46. The Morgan fingerprint density at radius 1 is 0.892 bits per heavy atom. The summed E-state index contributed by atoms with van der Waals surface area (Å²) in [4.78, 5) is 54.8. The number of piperidine rings is 1. The molecule has 0 unspecified atom stereocenters. The van der Waals surface area contributed by atoms with Crippen molar-refractivity contribution in [3.63, 3.8) is 0 Å². The Hall–Kier alpha value is -3.02. The molecule has 4 amide bonds. The first-order valence-corrected chi connectivity index (χ1v) is 13.2. The number of hydrogen-bond acceptors (Lipinski definition) is 7. The van der Waals surface area contributed by atoms with Gasteiger partial charge in [0.05, 0.1) is 13.1 Å². The van der Waals surface area contributed by atoms with Gasteiger partial charge in [-0.1, -0.05) is 30.3 Å². The van der Waals surface area contributed by atoms with Gasteiger partial charge in [0.2, 0.25) is 23.6 Å². The Morgan fingerprint density at radius 2 is 1.54 bits per heavy atom. The van der Waals surface area contributed by atoms with Crippen LogP contribution in [-0.2, 0) is 25.6 Å². The molecule has 11 nitrogen and oxygen atoms in total. The number of nitrogens with two attached hydrogens (primary N) is 2. The van der Waals surface area contributed by atoms with E-state index in [0.717, 1.165) is 31.5 Å². The van der Waals surface area contributed by atoms with Crippen LogP contribution in [0.25, 0.3) is 0 Å². The summed E-state index contributed by atoms with van der Waals surface area (Å²) in [6.07, 6.45) is 4.92. The van der Waals surface area contributed by atoms with Crippen molar-refractivity contribution in [2.24, 2.45) is 11.5 Å². The number of nitrogens with one attached hydrogen (secondary N) is 3. The number of likely N-dealkylation sites (tertiary alicyclic amines) is 2. The van der Waals surface area contributed by atoms with Gasteiger partial charge in [-0.3, -0.25) is 19.2 Å². The molecule has 0 aromatic heterocycles. The maximum absolute atomic E-state index is 13.2. The number of rotatable bonds is 12. The summed E-state index contributed by atoms with van der Waals surface area (Å²) in [6.45, 7) is 3.27. The van der Waals surface area contributed by atoms with Gasteiger partial charge in [0.15, 0.2) is 0 Å². The lowest BCUT2D eigenvalue weighted by molar-refractivity contribution is -0.138. The van der Waals surface area contributed by atoms with Crippen LogP contribution in [-0.4, -0.2) is 97.4 Å². The second-order valence-corrected chi connectivity index (χ2v) is 9.73. The van der Waals surface area contributed by atoms with Crippen molar-refractivity contribution in [3.05, 3.63) is 35.9 Å². The Balaban J connectivity index is 1.50. The normalized spacial score (nSPS) is 18.2. The highest BCUT2D eigenvalue weighted by Gasteiger charge is 2.32. The highest BCUT2D eigenvalue weighted by Crippen LogP contribution is 2.21. The van der Waals surface area contributed by atoms with E-state index < -0.39 is 29.8 Å². The highest BCUT2D eigenvalue weighted by atomic mass is 16.2. The third-order valence-corrected chi connectivity index (χ3v) is 7.06. The van der Waals surface area contributed by atoms with Crippen LogP contribution in [0.3, 0.4) is 0 Å². The molecule has 7 N–H and O–H groups in total. The third kappa shape index (κ3) is 8.80. The number of benzene rings is 1. The van der Waals surface area contributed by atoms with Crippen molar-refractivity contribution < 1.29 is 19.2 Å². The molecule has 3 rings (SSSR count). The summed E-state index contributed by atoms with van der Waals surface area (Å²) in [7, 11) is 0. The lowest BCUT2D eigenvalue weighted by Gasteiger charge is -2.38. The van der Waals surface area contributed by atoms with E-state index in [4.69, 9.17) is 11.5 Å². The van der Waals surface area contributed by atoms with Gasteiger partial charge in [0.1, 0.15) is 12.1 Å². The molecule has 0 spiro atoms. The van der Waals surface area contributed by atoms with Gasteiger partial charge in [-0.2, -0.15) is 0 Å². The lowest BCUT2D eigenvalue weighted by Crippen LogP contribution is -2.55. The quantitative estimate of drug-likeness (QED) is 0.231. The van der Waals surface area contributed by atoms with Crippen molar-refractivity contribution in [1.29, 1.82) is 0 Å². The van der Waals surface area contributed by atoms with Gasteiger partial charge in [0.25, 0.3) is 0 Å². The largest absolute Gasteiger partial charge is 0.345 e. The van der Waals surface area contributed by atoms with Crippen molar-refractivity contribution in [3.8, 4) is 0 Å². The monoisotopic (exact) mass is 515 g/mol. The molecule has 2 aliphatic rings. The molecule has 204 valence electrons. The van der Waals surface area contributed by atoms with Crippen molar-refractivity contribution in [1.82, 2.24) is 25.8 Å². The summed E-state index contributed by atoms with van der Waals surface area (Å²) in [5, 5.41) is 7.90. The molecule has 11 heteroatoms. The zero-order valence-electron chi connectivity index (χ0n) is 21.5. The van der Waals surface area contributed by atoms with Crippen LogP contribution in [0.1, 0.15) is 37.7 Å². The second kappa shape index (κ2) is 14.7. The molecule has 2 fully saturated rings. The van der Waals surface area contributed by atoms with Gasteiger partial charge >= 0.3 is 0 Å². The van der Waals surface area contributed by atoms with Gasteiger partial charge in [-0.25, -0.2) is 0 Å². The fourth-order valence-corrected chi connectivity index (χ4v) is 5.05. The Kier molecular flexibility index (Phi) is 11.3. The molecule has 2 aliphatic heterocycles. The molecule has 0 aliphatic carbocycles. The zero-order valence-corrected chi connectivity index (χ0v) is 21.5. The lowest BCUT2D eigenvalue weighted by atomic mass is 10.0. The van der Waals surface area contributed by atoms with E-state index in [1.807, 2.05) is 35.2 Å². The molecule has 0 bridgehead atoms. The first-order valence-electron chi connectivity index (χ1n) is 13.2. The van der Waals surface area contributed by atoms with E-state index >= 15 is 0 Å². The number of hydrogen-bond donors (Lipinski definition) is 5. The molecule has 0 radical (unpaired) electrons. The van der Waals surface area contributed by atoms with Crippen LogP contribution in [0.2, 0.25) is 0 Å². The van der Waals surface area contributed by atoms with E-state index in [9.17, 15) is 19.2 Å². The standard InChI is InChI=1S/C26H41N7O4/c27-11-8-21(26(37)33-14-9-20(10-15-33)32-12-4-5-13-32)30-24(35)18-29-25(36)22(31-23(34)17-28)16-19-6-2-1-3-7-19/h1-3,6-7,20-22H,4-5,8-18,27-28H2,(H,29,36)(H,30,35)(H,31,34)/t21-,22-/m1/s1. The molecule has 1 aromatic carbocycles. The summed E-state index contributed by atoms with van der Waals surface area (Å²) >= 11 is 0. The zero-order chi connectivity index (χ0) is 26.6. The maximum Gasteiger partial charge on any atom is 0.245 e. The first kappa shape index (κ1) is 28.5. The molecule has 2 atom stereocenters. The maximum atomic E-state index is 13.2. The molecular formula is C26H41N7O4. The summed E-state index contributed by atoms with van der Waals surface area (Å²) in [6, 6.07) is 8.12. The van der Waals surface area contributed by atoms with Crippen molar-refractivity contribution in [2.75, 3.05) is 45.8 Å². The fraction of sp³-hybridized carbons (Fsp3) is 0.615. The van der Waals surface area contributed by atoms with Crippen LogP contribution in [0.4, 0.5) is 0 Å². The van der Waals surface area contributed by atoms with Crippen LogP contribution < -0.4 is 27.4 Å². The third-order valence-electron chi connectivity index (χ3n) is 7.06. The molecular weight excluding hydrogens is 474 g/mol. The van der Waals surface area contributed by atoms with Crippen LogP contribution in [0, 0.1) is 0 Å². The minimum atomic E-state index is -0.885. The van der Waals surface area contributed by atoms with Crippen molar-refractivity contribution >= 4 is 23.6 Å². The van der Waals surface area contributed by atoms with E-state index in [0.29, 0.717) is 25.6 Å². The van der Waals surface area contributed by atoms with Gasteiger partial charge < -0.3 is 37.2 Å². The van der Waals surface area contributed by atoms with Gasteiger partial charge in [0, 0.05) is 25.6 Å². The van der Waals surface area contributed by atoms with E-state index in [1.165, 1.54) is 12.8 Å². The van der Waals surface area contributed by atoms with Gasteiger partial charge in [-0.05, 0) is 57.3 Å². The fourth-order valence-electron chi connectivity index (χ4n) is 5.05. The van der Waals surface area contributed by atoms with E-state index in [-0.39, 0.29) is 32.0 Å². The number of amides is 4. The molecule has 0 saturated carbocycles. The smallest absolute Gasteiger partial charge is 0.245 e. The summed E-state index contributed by atoms with van der Waals surface area (Å²) in [5.74, 6) is -1.60. The number of carbonyl (C=O) groups is 4.